The van der Waals surface area contributed by atoms with Crippen molar-refractivity contribution in [3.8, 4) is 5.75 Å². The summed E-state index contributed by atoms with van der Waals surface area (Å²) in [6.07, 6.45) is 1.17. The molecular formula is C16H24O4. The van der Waals surface area contributed by atoms with Crippen molar-refractivity contribution in [2.45, 2.75) is 52.2 Å². The molecule has 0 heterocycles. The number of hydrogen-bond donors (Lipinski definition) is 1. The SMILES string of the molecule is CCCC(Oc1ccc(CC(C)O)cc1)C(=O)OCC. The maximum Gasteiger partial charge on any atom is 0.347 e. The summed E-state index contributed by atoms with van der Waals surface area (Å²) in [6.45, 7) is 5.89. The highest BCUT2D eigenvalue weighted by atomic mass is 16.6. The van der Waals surface area contributed by atoms with Gasteiger partial charge in [0.05, 0.1) is 12.7 Å². The third-order valence-electron chi connectivity index (χ3n) is 2.83. The summed E-state index contributed by atoms with van der Waals surface area (Å²) >= 11 is 0. The Morgan fingerprint density at radius 3 is 2.40 bits per heavy atom. The lowest BCUT2D eigenvalue weighted by Gasteiger charge is -2.17. The van der Waals surface area contributed by atoms with E-state index in [0.29, 0.717) is 25.2 Å². The van der Waals surface area contributed by atoms with E-state index in [-0.39, 0.29) is 12.1 Å². The second kappa shape index (κ2) is 8.59. The van der Waals surface area contributed by atoms with E-state index >= 15 is 0 Å². The van der Waals surface area contributed by atoms with E-state index in [2.05, 4.69) is 0 Å². The van der Waals surface area contributed by atoms with E-state index in [9.17, 15) is 9.90 Å². The molecule has 2 unspecified atom stereocenters. The molecule has 0 aromatic heterocycles. The molecule has 0 spiro atoms. The molecule has 1 aromatic carbocycles. The van der Waals surface area contributed by atoms with Crippen LogP contribution < -0.4 is 4.74 Å². The minimum absolute atomic E-state index is 0.317. The molecule has 0 amide bonds. The van der Waals surface area contributed by atoms with Crippen molar-refractivity contribution in [1.29, 1.82) is 0 Å². The number of benzene rings is 1. The Morgan fingerprint density at radius 1 is 1.25 bits per heavy atom. The lowest BCUT2D eigenvalue weighted by Crippen LogP contribution is -2.29. The molecule has 4 heteroatoms. The second-order valence-electron chi connectivity index (χ2n) is 4.84. The van der Waals surface area contributed by atoms with Crippen LogP contribution in [0.5, 0.6) is 5.75 Å². The van der Waals surface area contributed by atoms with E-state index in [4.69, 9.17) is 9.47 Å². The predicted octanol–water partition coefficient (Wildman–Crippen LogP) is 2.72. The molecule has 1 aromatic rings. The van der Waals surface area contributed by atoms with Gasteiger partial charge in [0.25, 0.3) is 0 Å². The standard InChI is InChI=1S/C16H24O4/c1-4-6-15(16(18)19-5-2)20-14-9-7-13(8-10-14)11-12(3)17/h7-10,12,15,17H,4-6,11H2,1-3H3. The molecule has 0 aliphatic heterocycles. The Hall–Kier alpha value is -1.55. The normalized spacial score (nSPS) is 13.6. The van der Waals surface area contributed by atoms with Crippen molar-refractivity contribution in [1.82, 2.24) is 0 Å². The van der Waals surface area contributed by atoms with E-state index in [0.717, 1.165) is 12.0 Å². The van der Waals surface area contributed by atoms with Gasteiger partial charge in [-0.2, -0.15) is 0 Å². The van der Waals surface area contributed by atoms with E-state index < -0.39 is 6.10 Å². The fourth-order valence-electron chi connectivity index (χ4n) is 1.93. The van der Waals surface area contributed by atoms with E-state index in [1.807, 2.05) is 31.2 Å². The maximum atomic E-state index is 11.8. The van der Waals surface area contributed by atoms with E-state index in [1.54, 1.807) is 13.8 Å². The topological polar surface area (TPSA) is 55.8 Å². The number of aliphatic hydroxyl groups is 1. The average Bonchev–Trinajstić information content (AvgIpc) is 2.40. The van der Waals surface area contributed by atoms with Gasteiger partial charge < -0.3 is 14.6 Å². The van der Waals surface area contributed by atoms with Crippen LogP contribution >= 0.6 is 0 Å². The lowest BCUT2D eigenvalue weighted by atomic mass is 10.1. The number of rotatable bonds is 8. The number of esters is 1. The van der Waals surface area contributed by atoms with Gasteiger partial charge in [0, 0.05) is 0 Å². The zero-order valence-corrected chi connectivity index (χ0v) is 12.5. The maximum absolute atomic E-state index is 11.8. The van der Waals surface area contributed by atoms with Gasteiger partial charge in [0.1, 0.15) is 5.75 Å². The third-order valence-corrected chi connectivity index (χ3v) is 2.83. The molecule has 0 radical (unpaired) electrons. The number of hydrogen-bond acceptors (Lipinski definition) is 4. The first-order valence-electron chi connectivity index (χ1n) is 7.17. The van der Waals surface area contributed by atoms with Crippen LogP contribution in [0.2, 0.25) is 0 Å². The molecule has 1 N–H and O–H groups in total. The van der Waals surface area contributed by atoms with Crippen LogP contribution in [0, 0.1) is 0 Å². The Morgan fingerprint density at radius 2 is 1.90 bits per heavy atom. The summed E-state index contributed by atoms with van der Waals surface area (Å²) in [7, 11) is 0. The van der Waals surface area contributed by atoms with Crippen LogP contribution in [0.1, 0.15) is 39.2 Å². The fraction of sp³-hybridized carbons (Fsp3) is 0.562. The zero-order valence-electron chi connectivity index (χ0n) is 12.5. The van der Waals surface area contributed by atoms with Crippen LogP contribution in [0.15, 0.2) is 24.3 Å². The van der Waals surface area contributed by atoms with Crippen LogP contribution in [-0.2, 0) is 16.0 Å². The monoisotopic (exact) mass is 280 g/mol. The molecule has 0 bridgehead atoms. The van der Waals surface area contributed by atoms with Crippen molar-refractivity contribution >= 4 is 5.97 Å². The van der Waals surface area contributed by atoms with Crippen LogP contribution in [0.4, 0.5) is 0 Å². The Bertz CT molecular complexity index is 397. The number of carbonyl (C=O) groups is 1. The molecule has 0 fully saturated rings. The summed E-state index contributed by atoms with van der Waals surface area (Å²) in [6, 6.07) is 7.44. The summed E-state index contributed by atoms with van der Waals surface area (Å²) < 4.78 is 10.7. The molecule has 0 saturated carbocycles. The highest BCUT2D eigenvalue weighted by Crippen LogP contribution is 2.17. The van der Waals surface area contributed by atoms with Crippen LogP contribution in [0.3, 0.4) is 0 Å². The van der Waals surface area contributed by atoms with Crippen molar-refractivity contribution in [3.05, 3.63) is 29.8 Å². The zero-order chi connectivity index (χ0) is 15.0. The molecule has 4 nitrogen and oxygen atoms in total. The molecule has 20 heavy (non-hydrogen) atoms. The largest absolute Gasteiger partial charge is 0.479 e. The number of carbonyl (C=O) groups excluding carboxylic acids is 1. The molecule has 0 saturated heterocycles. The first-order valence-corrected chi connectivity index (χ1v) is 7.17. The fourth-order valence-corrected chi connectivity index (χ4v) is 1.93. The van der Waals surface area contributed by atoms with Crippen molar-refractivity contribution in [2.75, 3.05) is 6.61 Å². The minimum Gasteiger partial charge on any atom is -0.479 e. The highest BCUT2D eigenvalue weighted by Gasteiger charge is 2.20. The molecule has 2 atom stereocenters. The van der Waals surface area contributed by atoms with Gasteiger partial charge in [0.15, 0.2) is 6.10 Å². The van der Waals surface area contributed by atoms with Gasteiger partial charge in [-0.1, -0.05) is 25.5 Å². The second-order valence-corrected chi connectivity index (χ2v) is 4.84. The van der Waals surface area contributed by atoms with Crippen LogP contribution in [0.25, 0.3) is 0 Å². The molecule has 0 aliphatic carbocycles. The predicted molar refractivity (Wildman–Crippen MR) is 77.8 cm³/mol. The van der Waals surface area contributed by atoms with Gasteiger partial charge in [-0.3, -0.25) is 0 Å². The average molecular weight is 280 g/mol. The van der Waals surface area contributed by atoms with Crippen molar-refractivity contribution in [3.63, 3.8) is 0 Å². The van der Waals surface area contributed by atoms with Gasteiger partial charge in [0.2, 0.25) is 0 Å². The van der Waals surface area contributed by atoms with Gasteiger partial charge in [-0.25, -0.2) is 4.79 Å². The number of ether oxygens (including phenoxy) is 2. The first kappa shape index (κ1) is 16.5. The third kappa shape index (κ3) is 5.61. The molecule has 0 aliphatic rings. The first-order chi connectivity index (χ1) is 9.56. The van der Waals surface area contributed by atoms with Gasteiger partial charge >= 0.3 is 5.97 Å². The summed E-state index contributed by atoms with van der Waals surface area (Å²) in [4.78, 5) is 11.8. The summed E-state index contributed by atoms with van der Waals surface area (Å²) in [5.41, 5.74) is 1.04. The Kier molecular flexibility index (Phi) is 7.09. The van der Waals surface area contributed by atoms with Gasteiger partial charge in [-0.05, 0) is 44.4 Å². The number of aliphatic hydroxyl groups excluding tert-OH is 1. The Balaban J connectivity index is 2.66. The lowest BCUT2D eigenvalue weighted by molar-refractivity contribution is -0.151. The molecule has 1 rings (SSSR count). The summed E-state index contributed by atoms with van der Waals surface area (Å²) in [5.74, 6) is 0.327. The smallest absolute Gasteiger partial charge is 0.347 e. The van der Waals surface area contributed by atoms with Crippen molar-refractivity contribution in [2.24, 2.45) is 0 Å². The van der Waals surface area contributed by atoms with Crippen molar-refractivity contribution < 1.29 is 19.4 Å². The highest BCUT2D eigenvalue weighted by molar-refractivity contribution is 5.75. The van der Waals surface area contributed by atoms with Gasteiger partial charge in [-0.15, -0.1) is 0 Å². The van der Waals surface area contributed by atoms with Crippen LogP contribution in [-0.4, -0.2) is 29.9 Å². The molecular weight excluding hydrogens is 256 g/mol. The Labute approximate surface area is 120 Å². The summed E-state index contributed by atoms with van der Waals surface area (Å²) in [5, 5.41) is 9.33. The molecule has 112 valence electrons. The quantitative estimate of drug-likeness (QED) is 0.744. The minimum atomic E-state index is -0.553. The van der Waals surface area contributed by atoms with E-state index in [1.165, 1.54) is 0 Å².